The Morgan fingerprint density at radius 2 is 2.29 bits per heavy atom. The van der Waals surface area contributed by atoms with E-state index in [0.29, 0.717) is 30.1 Å². The largest absolute Gasteiger partial charge is 0.496 e. The number of ether oxygens (including phenoxy) is 1. The van der Waals surface area contributed by atoms with Gasteiger partial charge in [0.25, 0.3) is 5.91 Å². The summed E-state index contributed by atoms with van der Waals surface area (Å²) in [7, 11) is 1.65. The Bertz CT molecular complexity index is 757. The molecule has 4 rings (SSSR count). The van der Waals surface area contributed by atoms with E-state index in [0.717, 1.165) is 24.2 Å². The predicted octanol–water partition coefficient (Wildman–Crippen LogP) is 1.42. The Morgan fingerprint density at radius 1 is 1.46 bits per heavy atom. The molecule has 1 aromatic carbocycles. The van der Waals surface area contributed by atoms with Crippen LogP contribution in [0.25, 0.3) is 0 Å². The number of carbonyl (C=O) groups is 1. The molecule has 7 heteroatoms. The molecule has 1 saturated heterocycles. The number of hydrogen-bond donors (Lipinski definition) is 2. The number of amides is 1. The molecule has 1 aliphatic heterocycles. The first-order valence-corrected chi connectivity index (χ1v) is 8.16. The lowest BCUT2D eigenvalue weighted by molar-refractivity contribution is 0.0382. The quantitative estimate of drug-likeness (QED) is 0.886. The number of aromatic nitrogens is 3. The molecule has 0 bridgehead atoms. The Labute approximate surface area is 139 Å². The number of nitrogens with one attached hydrogen (secondary N) is 1. The van der Waals surface area contributed by atoms with Crippen LogP contribution in [0.3, 0.4) is 0 Å². The third-order valence-corrected chi connectivity index (χ3v) is 4.92. The number of likely N-dealkylation sites (tertiary alicyclic amines) is 1. The standard InChI is InChI=1S/C17H20N4O3/c1-24-14-5-4-12(8-13(14)11-2-3-11)16(22)21-7-6-17(23,10-21)15-9-18-20-19-15/h4-5,8-9,11,23H,2-3,6-7,10H2,1H3,(H,18,19,20)/t17-/m0/s1. The summed E-state index contributed by atoms with van der Waals surface area (Å²) in [6, 6.07) is 5.59. The summed E-state index contributed by atoms with van der Waals surface area (Å²) in [5.74, 6) is 1.27. The minimum atomic E-state index is -1.13. The molecule has 0 unspecified atom stereocenters. The lowest BCUT2D eigenvalue weighted by Gasteiger charge is -2.21. The van der Waals surface area contributed by atoms with Crippen LogP contribution >= 0.6 is 0 Å². The van der Waals surface area contributed by atoms with E-state index in [-0.39, 0.29) is 12.5 Å². The first-order chi connectivity index (χ1) is 11.6. The summed E-state index contributed by atoms with van der Waals surface area (Å²) in [4.78, 5) is 14.5. The number of rotatable bonds is 4. The van der Waals surface area contributed by atoms with Crippen molar-refractivity contribution in [1.29, 1.82) is 0 Å². The lowest BCUT2D eigenvalue weighted by Crippen LogP contribution is -2.34. The van der Waals surface area contributed by atoms with Crippen LogP contribution in [0.2, 0.25) is 0 Å². The molecule has 1 atom stereocenters. The highest BCUT2D eigenvalue weighted by molar-refractivity contribution is 5.95. The molecule has 1 aromatic heterocycles. The first kappa shape index (κ1) is 15.1. The molecule has 2 fully saturated rings. The maximum atomic E-state index is 12.8. The van der Waals surface area contributed by atoms with Gasteiger partial charge in [-0.15, -0.1) is 0 Å². The predicted molar refractivity (Wildman–Crippen MR) is 85.8 cm³/mol. The van der Waals surface area contributed by atoms with E-state index >= 15 is 0 Å². The van der Waals surface area contributed by atoms with Crippen molar-refractivity contribution in [3.8, 4) is 5.75 Å². The summed E-state index contributed by atoms with van der Waals surface area (Å²) >= 11 is 0. The van der Waals surface area contributed by atoms with Gasteiger partial charge in [0, 0.05) is 18.5 Å². The number of nitrogens with zero attached hydrogens (tertiary/aromatic N) is 3. The van der Waals surface area contributed by atoms with Crippen LogP contribution in [0.5, 0.6) is 5.75 Å². The van der Waals surface area contributed by atoms with Gasteiger partial charge in [0.2, 0.25) is 0 Å². The minimum Gasteiger partial charge on any atom is -0.496 e. The van der Waals surface area contributed by atoms with Crippen LogP contribution in [0.4, 0.5) is 0 Å². The van der Waals surface area contributed by atoms with E-state index in [1.54, 1.807) is 18.1 Å². The van der Waals surface area contributed by atoms with Crippen molar-refractivity contribution in [2.45, 2.75) is 30.8 Å². The van der Waals surface area contributed by atoms with Crippen molar-refractivity contribution >= 4 is 5.91 Å². The van der Waals surface area contributed by atoms with E-state index in [1.807, 2.05) is 12.1 Å². The van der Waals surface area contributed by atoms with E-state index in [4.69, 9.17) is 4.74 Å². The van der Waals surface area contributed by atoms with Gasteiger partial charge >= 0.3 is 0 Å². The van der Waals surface area contributed by atoms with Gasteiger partial charge in [-0.1, -0.05) is 0 Å². The smallest absolute Gasteiger partial charge is 0.253 e. The van der Waals surface area contributed by atoms with Crippen LogP contribution in [0, 0.1) is 0 Å². The SMILES string of the molecule is COc1ccc(C(=O)N2CC[C@@](O)(c3cn[nH]n3)C2)cc1C1CC1. The van der Waals surface area contributed by atoms with Gasteiger partial charge in [0.1, 0.15) is 17.0 Å². The van der Waals surface area contributed by atoms with Crippen LogP contribution in [0.15, 0.2) is 24.4 Å². The number of β-amino-alcohol motifs (C(OH)–C–C–N with tert-alkyl or cyclic N) is 1. The highest BCUT2D eigenvalue weighted by Gasteiger charge is 2.42. The topological polar surface area (TPSA) is 91.3 Å². The monoisotopic (exact) mass is 328 g/mol. The van der Waals surface area contributed by atoms with Gasteiger partial charge in [0.05, 0.1) is 19.9 Å². The zero-order valence-corrected chi connectivity index (χ0v) is 13.5. The molecule has 7 nitrogen and oxygen atoms in total. The first-order valence-electron chi connectivity index (χ1n) is 8.16. The minimum absolute atomic E-state index is 0.0704. The number of H-pyrrole nitrogens is 1. The van der Waals surface area contributed by atoms with Crippen LogP contribution < -0.4 is 4.74 Å². The number of hydrogen-bond acceptors (Lipinski definition) is 5. The zero-order valence-electron chi connectivity index (χ0n) is 13.5. The molecule has 24 heavy (non-hydrogen) atoms. The lowest BCUT2D eigenvalue weighted by atomic mass is 10.00. The summed E-state index contributed by atoms with van der Waals surface area (Å²) in [6.07, 6.45) is 4.25. The van der Waals surface area contributed by atoms with Gasteiger partial charge in [-0.2, -0.15) is 15.4 Å². The fraction of sp³-hybridized carbons (Fsp3) is 0.471. The third-order valence-electron chi connectivity index (χ3n) is 4.92. The summed E-state index contributed by atoms with van der Waals surface area (Å²) in [6.45, 7) is 0.718. The number of carbonyl (C=O) groups excluding carboxylic acids is 1. The molecule has 2 N–H and O–H groups in total. The molecular weight excluding hydrogens is 308 g/mol. The van der Waals surface area contributed by atoms with Crippen LogP contribution in [-0.4, -0.2) is 51.5 Å². The Kier molecular flexibility index (Phi) is 3.53. The second-order valence-electron chi connectivity index (χ2n) is 6.59. The zero-order chi connectivity index (χ0) is 16.7. The molecule has 1 aliphatic carbocycles. The average molecular weight is 328 g/mol. The van der Waals surface area contributed by atoms with Gasteiger partial charge in [0.15, 0.2) is 0 Å². The van der Waals surface area contributed by atoms with Crippen molar-refractivity contribution in [1.82, 2.24) is 20.3 Å². The molecule has 0 radical (unpaired) electrons. The van der Waals surface area contributed by atoms with E-state index in [1.165, 1.54) is 6.20 Å². The molecular formula is C17H20N4O3. The fourth-order valence-corrected chi connectivity index (χ4v) is 3.37. The third kappa shape index (κ3) is 2.54. The number of methoxy groups -OCH3 is 1. The molecule has 0 spiro atoms. The normalized spacial score (nSPS) is 23.5. The molecule has 1 amide bonds. The number of benzene rings is 1. The fourth-order valence-electron chi connectivity index (χ4n) is 3.37. The summed E-state index contributed by atoms with van der Waals surface area (Å²) in [5, 5.41) is 20.9. The summed E-state index contributed by atoms with van der Waals surface area (Å²) < 4.78 is 5.41. The van der Waals surface area contributed by atoms with Crippen molar-refractivity contribution < 1.29 is 14.6 Å². The maximum Gasteiger partial charge on any atom is 0.253 e. The highest BCUT2D eigenvalue weighted by Crippen LogP contribution is 2.44. The van der Waals surface area contributed by atoms with Crippen molar-refractivity contribution in [2.75, 3.05) is 20.2 Å². The Hall–Kier alpha value is -2.41. The van der Waals surface area contributed by atoms with E-state index in [2.05, 4.69) is 15.4 Å². The van der Waals surface area contributed by atoms with Crippen molar-refractivity contribution in [2.24, 2.45) is 0 Å². The number of aliphatic hydroxyl groups is 1. The Morgan fingerprint density at radius 3 is 2.96 bits per heavy atom. The van der Waals surface area contributed by atoms with Gasteiger partial charge < -0.3 is 14.7 Å². The average Bonchev–Trinajstić information content (AvgIpc) is 3.13. The summed E-state index contributed by atoms with van der Waals surface area (Å²) in [5.41, 5.74) is 1.09. The van der Waals surface area contributed by atoms with E-state index < -0.39 is 5.60 Å². The number of aromatic amines is 1. The Balaban J connectivity index is 1.55. The van der Waals surface area contributed by atoms with Gasteiger partial charge in [-0.25, -0.2) is 0 Å². The molecule has 2 heterocycles. The molecule has 1 saturated carbocycles. The molecule has 2 aliphatic rings. The van der Waals surface area contributed by atoms with Gasteiger partial charge in [-0.05, 0) is 42.5 Å². The van der Waals surface area contributed by atoms with E-state index in [9.17, 15) is 9.90 Å². The van der Waals surface area contributed by atoms with Crippen LogP contribution in [0.1, 0.15) is 46.8 Å². The second-order valence-corrected chi connectivity index (χ2v) is 6.59. The molecule has 2 aromatic rings. The van der Waals surface area contributed by atoms with Crippen molar-refractivity contribution in [3.05, 3.63) is 41.2 Å². The second kappa shape index (κ2) is 5.59. The van der Waals surface area contributed by atoms with Crippen LogP contribution in [-0.2, 0) is 5.60 Å². The highest BCUT2D eigenvalue weighted by atomic mass is 16.5. The van der Waals surface area contributed by atoms with Crippen molar-refractivity contribution in [3.63, 3.8) is 0 Å². The maximum absolute atomic E-state index is 12.8. The van der Waals surface area contributed by atoms with Gasteiger partial charge in [-0.3, -0.25) is 4.79 Å². The molecule has 126 valence electrons.